The van der Waals surface area contributed by atoms with E-state index < -0.39 is 5.41 Å². The molecule has 24 heavy (non-hydrogen) atoms. The molecule has 1 amide bonds. The first-order valence-corrected chi connectivity index (χ1v) is 8.99. The van der Waals surface area contributed by atoms with Gasteiger partial charge in [-0.3, -0.25) is 4.79 Å². The van der Waals surface area contributed by atoms with Crippen molar-refractivity contribution in [2.75, 3.05) is 0 Å². The zero-order valence-electron chi connectivity index (χ0n) is 14.7. The minimum atomic E-state index is -0.458. The quantitative estimate of drug-likeness (QED) is 0.828. The van der Waals surface area contributed by atoms with Crippen molar-refractivity contribution in [2.45, 2.75) is 51.4 Å². The molecule has 1 atom stereocenters. The molecule has 0 unspecified atom stereocenters. The molecule has 0 bridgehead atoms. The largest absolute Gasteiger partial charge is 0.369 e. The van der Waals surface area contributed by atoms with E-state index in [1.54, 1.807) is 0 Å². The number of carbonyl (C=O) groups is 1. The maximum absolute atomic E-state index is 12.5. The van der Waals surface area contributed by atoms with Crippen LogP contribution in [-0.4, -0.2) is 5.91 Å². The van der Waals surface area contributed by atoms with Gasteiger partial charge in [0.25, 0.3) is 0 Å². The second kappa shape index (κ2) is 6.80. The molecule has 1 aliphatic carbocycles. The van der Waals surface area contributed by atoms with E-state index in [1.165, 1.54) is 16.7 Å². The first-order chi connectivity index (χ1) is 11.5. The van der Waals surface area contributed by atoms with Crippen LogP contribution in [0.5, 0.6) is 0 Å². The Morgan fingerprint density at radius 1 is 0.875 bits per heavy atom. The molecule has 0 heterocycles. The van der Waals surface area contributed by atoms with E-state index in [9.17, 15) is 4.79 Å². The lowest BCUT2D eigenvalue weighted by Crippen LogP contribution is -2.40. The maximum atomic E-state index is 12.5. The van der Waals surface area contributed by atoms with Crippen molar-refractivity contribution in [3.8, 4) is 0 Å². The lowest BCUT2D eigenvalue weighted by Gasteiger charge is -2.36. The molecule has 2 aromatic rings. The number of benzene rings is 2. The number of hydrogen-bond donors (Lipinski definition) is 1. The Morgan fingerprint density at radius 2 is 1.38 bits per heavy atom. The topological polar surface area (TPSA) is 43.1 Å². The van der Waals surface area contributed by atoms with Gasteiger partial charge in [0.05, 0.1) is 5.41 Å². The minimum Gasteiger partial charge on any atom is -0.369 e. The Kier molecular flexibility index (Phi) is 4.75. The normalized spacial score (nSPS) is 17.8. The molecule has 1 fully saturated rings. The van der Waals surface area contributed by atoms with E-state index in [0.717, 1.165) is 25.7 Å². The van der Waals surface area contributed by atoms with Crippen molar-refractivity contribution in [3.63, 3.8) is 0 Å². The summed E-state index contributed by atoms with van der Waals surface area (Å²) >= 11 is 0. The summed E-state index contributed by atoms with van der Waals surface area (Å²) in [6.07, 6.45) is 3.92. The van der Waals surface area contributed by atoms with Crippen molar-refractivity contribution < 1.29 is 4.79 Å². The number of nitrogens with two attached hydrogens (primary N) is 1. The van der Waals surface area contributed by atoms with Crippen LogP contribution in [0.3, 0.4) is 0 Å². The molecule has 0 aromatic heterocycles. The van der Waals surface area contributed by atoms with Crippen LogP contribution in [0.15, 0.2) is 54.6 Å². The van der Waals surface area contributed by atoms with Gasteiger partial charge >= 0.3 is 0 Å². The second-order valence-electron chi connectivity index (χ2n) is 7.39. The van der Waals surface area contributed by atoms with E-state index in [1.807, 2.05) is 6.07 Å². The third-order valence-corrected chi connectivity index (χ3v) is 5.61. The van der Waals surface area contributed by atoms with Gasteiger partial charge < -0.3 is 5.73 Å². The summed E-state index contributed by atoms with van der Waals surface area (Å²) < 4.78 is 0. The van der Waals surface area contributed by atoms with Crippen LogP contribution in [0.4, 0.5) is 0 Å². The lowest BCUT2D eigenvalue weighted by molar-refractivity contribution is -0.128. The molecule has 3 rings (SSSR count). The van der Waals surface area contributed by atoms with Crippen LogP contribution >= 0.6 is 0 Å². The van der Waals surface area contributed by atoms with E-state index in [2.05, 4.69) is 62.4 Å². The monoisotopic (exact) mass is 321 g/mol. The van der Waals surface area contributed by atoms with Gasteiger partial charge in [-0.2, -0.15) is 0 Å². The van der Waals surface area contributed by atoms with E-state index in [-0.39, 0.29) is 11.8 Å². The van der Waals surface area contributed by atoms with Gasteiger partial charge in [-0.1, -0.05) is 81.3 Å². The molecular weight excluding hydrogens is 294 g/mol. The Labute approximate surface area is 145 Å². The van der Waals surface area contributed by atoms with Crippen LogP contribution in [0, 0.1) is 5.41 Å². The summed E-state index contributed by atoms with van der Waals surface area (Å²) in [6, 6.07) is 19.1. The second-order valence-corrected chi connectivity index (χ2v) is 7.39. The Bertz CT molecular complexity index is 682. The Balaban J connectivity index is 2.10. The Morgan fingerprint density at radius 3 is 1.88 bits per heavy atom. The summed E-state index contributed by atoms with van der Waals surface area (Å²) in [6.45, 7) is 4.40. The summed E-state index contributed by atoms with van der Waals surface area (Å²) in [5.74, 6) is 0.396. The van der Waals surface area contributed by atoms with Gasteiger partial charge in [-0.15, -0.1) is 0 Å². The third kappa shape index (κ3) is 2.98. The summed E-state index contributed by atoms with van der Waals surface area (Å²) in [5, 5.41) is 0. The molecule has 2 aromatic carbocycles. The zero-order valence-corrected chi connectivity index (χ0v) is 14.7. The molecule has 1 saturated carbocycles. The fourth-order valence-electron chi connectivity index (χ4n) is 4.23. The molecule has 126 valence electrons. The molecule has 0 saturated heterocycles. The van der Waals surface area contributed by atoms with Gasteiger partial charge in [0.15, 0.2) is 0 Å². The number of primary amides is 1. The van der Waals surface area contributed by atoms with Crippen molar-refractivity contribution in [1.29, 1.82) is 0 Å². The molecule has 2 nitrogen and oxygen atoms in total. The van der Waals surface area contributed by atoms with E-state index in [4.69, 9.17) is 5.73 Å². The third-order valence-electron chi connectivity index (χ3n) is 5.61. The lowest BCUT2D eigenvalue weighted by atomic mass is 9.67. The standard InChI is InChI=1S/C22H27NO/c1-16(2)17-10-12-19(13-11-17)20(18-8-4-3-5-9-18)22(21(23)24)14-6-7-15-22/h3-5,8-13,16,20H,6-7,14-15H2,1-2H3,(H2,23,24)/t20-/m0/s1. The van der Waals surface area contributed by atoms with Crippen molar-refractivity contribution in [1.82, 2.24) is 0 Å². The predicted octanol–water partition coefficient (Wildman–Crippen LogP) is 4.99. The first kappa shape index (κ1) is 16.8. The van der Waals surface area contributed by atoms with Crippen LogP contribution in [-0.2, 0) is 4.79 Å². The van der Waals surface area contributed by atoms with Gasteiger partial charge in [0.2, 0.25) is 5.91 Å². The van der Waals surface area contributed by atoms with Crippen LogP contribution in [0.25, 0.3) is 0 Å². The number of amides is 1. The van der Waals surface area contributed by atoms with Crippen LogP contribution < -0.4 is 5.73 Å². The first-order valence-electron chi connectivity index (χ1n) is 8.99. The zero-order chi connectivity index (χ0) is 17.2. The molecule has 0 aliphatic heterocycles. The summed E-state index contributed by atoms with van der Waals surface area (Å²) in [4.78, 5) is 12.5. The number of hydrogen-bond acceptors (Lipinski definition) is 1. The highest BCUT2D eigenvalue weighted by atomic mass is 16.1. The van der Waals surface area contributed by atoms with E-state index in [0.29, 0.717) is 5.92 Å². The average Bonchev–Trinajstić information content (AvgIpc) is 3.07. The summed E-state index contributed by atoms with van der Waals surface area (Å²) in [5.41, 5.74) is 9.20. The average molecular weight is 321 g/mol. The molecule has 0 radical (unpaired) electrons. The van der Waals surface area contributed by atoms with Gasteiger partial charge in [0.1, 0.15) is 0 Å². The Hall–Kier alpha value is -2.09. The molecule has 2 heteroatoms. The fourth-order valence-corrected chi connectivity index (χ4v) is 4.23. The SMILES string of the molecule is CC(C)c1ccc([C@H](c2ccccc2)C2(C(N)=O)CCCC2)cc1. The number of carbonyl (C=O) groups excluding carboxylic acids is 1. The summed E-state index contributed by atoms with van der Waals surface area (Å²) in [7, 11) is 0. The van der Waals surface area contributed by atoms with Crippen molar-refractivity contribution >= 4 is 5.91 Å². The van der Waals surface area contributed by atoms with Gasteiger partial charge in [0, 0.05) is 5.92 Å². The molecular formula is C22H27NO. The van der Waals surface area contributed by atoms with E-state index >= 15 is 0 Å². The van der Waals surface area contributed by atoms with Crippen molar-refractivity contribution in [3.05, 3.63) is 71.3 Å². The number of rotatable bonds is 5. The highest BCUT2D eigenvalue weighted by molar-refractivity contribution is 5.83. The molecule has 0 spiro atoms. The van der Waals surface area contributed by atoms with Crippen molar-refractivity contribution in [2.24, 2.45) is 11.1 Å². The van der Waals surface area contributed by atoms with Gasteiger partial charge in [-0.25, -0.2) is 0 Å². The minimum absolute atomic E-state index is 0.0416. The van der Waals surface area contributed by atoms with Gasteiger partial charge in [-0.05, 0) is 35.4 Å². The maximum Gasteiger partial charge on any atom is 0.224 e. The smallest absolute Gasteiger partial charge is 0.224 e. The van der Waals surface area contributed by atoms with Crippen LogP contribution in [0.1, 0.15) is 68.1 Å². The molecule has 2 N–H and O–H groups in total. The highest BCUT2D eigenvalue weighted by Crippen LogP contribution is 2.51. The fraction of sp³-hybridized carbons (Fsp3) is 0.409. The van der Waals surface area contributed by atoms with Crippen LogP contribution in [0.2, 0.25) is 0 Å². The predicted molar refractivity (Wildman–Crippen MR) is 98.9 cm³/mol. The highest BCUT2D eigenvalue weighted by Gasteiger charge is 2.47. The molecule has 1 aliphatic rings.